The van der Waals surface area contributed by atoms with Gasteiger partial charge in [0.15, 0.2) is 0 Å². The molecule has 1 aliphatic rings. The van der Waals surface area contributed by atoms with Crippen molar-refractivity contribution in [2.45, 2.75) is 17.7 Å². The summed E-state index contributed by atoms with van der Waals surface area (Å²) in [5, 5.41) is 10.7. The van der Waals surface area contributed by atoms with E-state index in [0.717, 1.165) is 6.42 Å². The van der Waals surface area contributed by atoms with Gasteiger partial charge in [0, 0.05) is 11.3 Å². The molecule has 0 spiro atoms. The standard InChI is InChI=1S/C51H40P2/c1-5-22-44(23-6-1)52(45-24-7-2-8-25-45)50(42-34-32-38-18-13-15-20-40(38)36-42)48-30-17-31-49(48)51(43-35-33-39-19-14-16-21-41(39)37-43)53(46-26-9-3-10-27-46)47-28-11-4-12-29-47/h1-16,18-37,50-51H,17H2/t50-,51-/m1/s1. The quantitative estimate of drug-likeness (QED) is 0.124. The Kier molecular flexibility index (Phi) is 9.66. The first-order chi connectivity index (χ1) is 26.3. The van der Waals surface area contributed by atoms with Gasteiger partial charge in [0.05, 0.1) is 0 Å². The van der Waals surface area contributed by atoms with Crippen molar-refractivity contribution in [1.82, 2.24) is 0 Å². The maximum atomic E-state index is 2.56. The van der Waals surface area contributed by atoms with Crippen molar-refractivity contribution in [3.05, 3.63) is 241 Å². The maximum absolute atomic E-state index is 2.56. The Morgan fingerprint density at radius 1 is 0.302 bits per heavy atom. The Hall–Kier alpha value is -5.38. The van der Waals surface area contributed by atoms with E-state index in [4.69, 9.17) is 0 Å². The molecule has 0 saturated heterocycles. The molecule has 0 amide bonds. The molecule has 0 radical (unpaired) electrons. The van der Waals surface area contributed by atoms with Gasteiger partial charge in [-0.15, -0.1) is 0 Å². The zero-order chi connectivity index (χ0) is 35.4. The molecule has 0 fully saturated rings. The van der Waals surface area contributed by atoms with E-state index in [1.54, 1.807) is 0 Å². The molecule has 53 heavy (non-hydrogen) atoms. The molecule has 0 unspecified atom stereocenters. The molecule has 1 aliphatic carbocycles. The van der Waals surface area contributed by atoms with Crippen molar-refractivity contribution in [1.29, 1.82) is 0 Å². The van der Waals surface area contributed by atoms with E-state index in [1.165, 1.54) is 65.0 Å². The number of hydrogen-bond donors (Lipinski definition) is 0. The Labute approximate surface area is 315 Å². The fraction of sp³-hybridized carbons (Fsp3) is 0.0588. The molecule has 8 aromatic rings. The van der Waals surface area contributed by atoms with Crippen LogP contribution in [-0.2, 0) is 0 Å². The average molecular weight is 715 g/mol. The van der Waals surface area contributed by atoms with Crippen LogP contribution in [0.15, 0.2) is 230 Å². The molecule has 0 aliphatic heterocycles. The number of fused-ring (bicyclic) bond motifs is 2. The van der Waals surface area contributed by atoms with Gasteiger partial charge in [-0.3, -0.25) is 0 Å². The van der Waals surface area contributed by atoms with Gasteiger partial charge >= 0.3 is 0 Å². The molecule has 2 heteroatoms. The van der Waals surface area contributed by atoms with E-state index in [9.17, 15) is 0 Å². The Morgan fingerprint density at radius 2 is 0.604 bits per heavy atom. The minimum Gasteiger partial charge on any atom is -0.0762 e. The lowest BCUT2D eigenvalue weighted by molar-refractivity contribution is 1.04. The summed E-state index contributed by atoms with van der Waals surface area (Å²) in [4.78, 5) is 0. The van der Waals surface area contributed by atoms with Gasteiger partial charge < -0.3 is 0 Å². The first-order valence-corrected chi connectivity index (χ1v) is 21.3. The first kappa shape index (κ1) is 33.5. The summed E-state index contributed by atoms with van der Waals surface area (Å²) in [6.07, 6.45) is 6.06. The van der Waals surface area contributed by atoms with Crippen molar-refractivity contribution in [2.75, 3.05) is 0 Å². The zero-order valence-electron chi connectivity index (χ0n) is 29.5. The molecule has 8 aromatic carbocycles. The second-order valence-electron chi connectivity index (χ2n) is 13.7. The van der Waals surface area contributed by atoms with E-state index >= 15 is 0 Å². The van der Waals surface area contributed by atoms with E-state index in [-0.39, 0.29) is 11.3 Å². The summed E-state index contributed by atoms with van der Waals surface area (Å²) < 4.78 is 0. The highest BCUT2D eigenvalue weighted by Crippen LogP contribution is 2.62. The smallest absolute Gasteiger partial charge is 0.0372 e. The van der Waals surface area contributed by atoms with E-state index < -0.39 is 15.8 Å². The highest BCUT2D eigenvalue weighted by molar-refractivity contribution is 7.74. The Balaban J connectivity index is 1.30. The van der Waals surface area contributed by atoms with E-state index in [1.807, 2.05) is 0 Å². The molecule has 9 rings (SSSR count). The van der Waals surface area contributed by atoms with Crippen LogP contribution in [0, 0.1) is 0 Å². The summed E-state index contributed by atoms with van der Waals surface area (Å²) in [6.45, 7) is 0. The molecule has 0 bridgehead atoms. The fourth-order valence-corrected chi connectivity index (χ4v) is 13.8. The Bertz CT molecular complexity index is 2280. The van der Waals surface area contributed by atoms with Crippen molar-refractivity contribution in [2.24, 2.45) is 0 Å². The molecule has 254 valence electrons. The van der Waals surface area contributed by atoms with Crippen LogP contribution in [0.3, 0.4) is 0 Å². The number of hydrogen-bond acceptors (Lipinski definition) is 0. The van der Waals surface area contributed by atoms with Crippen LogP contribution in [0.25, 0.3) is 21.5 Å². The summed E-state index contributed by atoms with van der Waals surface area (Å²) >= 11 is 0. The van der Waals surface area contributed by atoms with Crippen molar-refractivity contribution in [3.8, 4) is 0 Å². The highest BCUT2D eigenvalue weighted by Gasteiger charge is 2.38. The third-order valence-corrected chi connectivity index (χ3v) is 16.0. The predicted molar refractivity (Wildman–Crippen MR) is 232 cm³/mol. The lowest BCUT2D eigenvalue weighted by Gasteiger charge is -2.37. The molecule has 0 N–H and O–H groups in total. The largest absolute Gasteiger partial charge is 0.0762 e. The minimum absolute atomic E-state index is 0.152. The van der Waals surface area contributed by atoms with Gasteiger partial charge in [0.1, 0.15) is 0 Å². The lowest BCUT2D eigenvalue weighted by Crippen LogP contribution is -2.22. The normalized spacial score (nSPS) is 14.0. The number of benzene rings is 8. The van der Waals surface area contributed by atoms with Gasteiger partial charge in [0.2, 0.25) is 0 Å². The molecular formula is C51H40P2. The molecule has 0 saturated carbocycles. The zero-order valence-corrected chi connectivity index (χ0v) is 31.3. The van der Waals surface area contributed by atoms with Crippen molar-refractivity contribution in [3.63, 3.8) is 0 Å². The molecule has 0 heterocycles. The molecule has 0 aromatic heterocycles. The number of rotatable bonds is 10. The van der Waals surface area contributed by atoms with Gasteiger partial charge in [-0.2, -0.15) is 0 Å². The predicted octanol–water partition coefficient (Wildman–Crippen LogP) is 12.3. The second-order valence-corrected chi connectivity index (χ2v) is 18.2. The van der Waals surface area contributed by atoms with Crippen LogP contribution >= 0.6 is 15.8 Å². The topological polar surface area (TPSA) is 0 Å². The van der Waals surface area contributed by atoms with Crippen LogP contribution in [0.1, 0.15) is 28.9 Å². The first-order valence-electron chi connectivity index (χ1n) is 18.5. The summed E-state index contributed by atoms with van der Waals surface area (Å²) in [5.74, 6) is 0. The third-order valence-electron chi connectivity index (χ3n) is 10.4. The van der Waals surface area contributed by atoms with Gasteiger partial charge in [-0.1, -0.05) is 218 Å². The molecular weight excluding hydrogens is 675 g/mol. The Morgan fingerprint density at radius 3 is 0.943 bits per heavy atom. The van der Waals surface area contributed by atoms with Gasteiger partial charge in [0.25, 0.3) is 0 Å². The molecule has 2 atom stereocenters. The van der Waals surface area contributed by atoms with Crippen LogP contribution in [-0.4, -0.2) is 0 Å². The summed E-state index contributed by atoms with van der Waals surface area (Å²) in [6, 6.07) is 77.2. The monoisotopic (exact) mass is 714 g/mol. The van der Waals surface area contributed by atoms with Gasteiger partial charge in [-0.25, -0.2) is 0 Å². The lowest BCUT2D eigenvalue weighted by atomic mass is 9.92. The van der Waals surface area contributed by atoms with Crippen molar-refractivity contribution >= 4 is 58.6 Å². The van der Waals surface area contributed by atoms with Crippen LogP contribution in [0.5, 0.6) is 0 Å². The average Bonchev–Trinajstić information content (AvgIpc) is 3.71. The van der Waals surface area contributed by atoms with Gasteiger partial charge in [-0.05, 0) is 87.3 Å². The summed E-state index contributed by atoms with van der Waals surface area (Å²) in [5.41, 5.74) is 6.00. The third kappa shape index (κ3) is 6.82. The number of allylic oxidation sites excluding steroid dienone is 4. The highest BCUT2D eigenvalue weighted by atomic mass is 31.1. The second kappa shape index (κ2) is 15.3. The SMILES string of the molecule is C1=C([C@@H](c2ccc3ccccc3c2)P(c2ccccc2)c2ccccc2)C([C@@H](c2ccc3ccccc3c2)P(c2ccccc2)c2ccccc2)=CC1. The minimum atomic E-state index is -0.835. The van der Waals surface area contributed by atoms with Crippen LogP contribution < -0.4 is 21.2 Å². The molecule has 0 nitrogen and oxygen atoms in total. The van der Waals surface area contributed by atoms with Crippen LogP contribution in [0.2, 0.25) is 0 Å². The fourth-order valence-electron chi connectivity index (χ4n) is 8.03. The van der Waals surface area contributed by atoms with Crippen LogP contribution in [0.4, 0.5) is 0 Å². The van der Waals surface area contributed by atoms with E-state index in [0.29, 0.717) is 0 Å². The maximum Gasteiger partial charge on any atom is 0.0372 e. The van der Waals surface area contributed by atoms with Crippen molar-refractivity contribution < 1.29 is 0 Å². The van der Waals surface area contributed by atoms with E-state index in [2.05, 4.69) is 218 Å². The summed E-state index contributed by atoms with van der Waals surface area (Å²) in [7, 11) is -1.67.